The Kier molecular flexibility index (Phi) is 8.89. The summed E-state index contributed by atoms with van der Waals surface area (Å²) in [5, 5.41) is 2.82. The van der Waals surface area contributed by atoms with Gasteiger partial charge in [0.1, 0.15) is 23.5 Å². The van der Waals surface area contributed by atoms with Gasteiger partial charge in [0.2, 0.25) is 11.7 Å². The number of carbonyl (C=O) groups excluding carboxylic acids is 4. The number of rotatable bonds is 8. The maximum atomic E-state index is 15.3. The van der Waals surface area contributed by atoms with Gasteiger partial charge in [-0.25, -0.2) is 23.5 Å². The Hall–Kier alpha value is -4.82. The van der Waals surface area contributed by atoms with Crippen LogP contribution in [0.4, 0.5) is 25.0 Å². The fourth-order valence-electron chi connectivity index (χ4n) is 5.40. The van der Waals surface area contributed by atoms with Crippen molar-refractivity contribution >= 4 is 41.0 Å². The summed E-state index contributed by atoms with van der Waals surface area (Å²) in [6.45, 7) is 6.16. The van der Waals surface area contributed by atoms with Crippen LogP contribution in [-0.4, -0.2) is 95.1 Å². The van der Waals surface area contributed by atoms with Crippen LogP contribution in [0.3, 0.4) is 0 Å². The number of amides is 3. The summed E-state index contributed by atoms with van der Waals surface area (Å²) >= 11 is 0. The molecule has 0 spiro atoms. The predicted octanol–water partition coefficient (Wildman–Crippen LogP) is 2.78. The number of methoxy groups -OCH3 is 1. The highest BCUT2D eigenvalue weighted by Gasteiger charge is 2.38. The number of halogens is 2. The van der Waals surface area contributed by atoms with Crippen molar-refractivity contribution in [1.29, 1.82) is 0 Å². The number of hydrogen-bond donors (Lipinski definition) is 1. The molecular formula is C30H35F2N7O6. The SMILES string of the molecule is COC(=O)CC[C@H]1CN(c2cc(F)c(N3CCN(C(=O)[C@@H](NC(=O)c4cn5cccnc5n4)C(C)(C)C)CC3)c(F)c2)C(=O)O1. The first kappa shape index (κ1) is 31.6. The van der Waals surface area contributed by atoms with Gasteiger partial charge < -0.3 is 24.6 Å². The number of ether oxygens (including phenoxy) is 2. The van der Waals surface area contributed by atoms with Crippen molar-refractivity contribution in [3.05, 3.63) is 54.1 Å². The van der Waals surface area contributed by atoms with E-state index in [1.807, 2.05) is 20.8 Å². The highest BCUT2D eigenvalue weighted by Crippen LogP contribution is 2.32. The van der Waals surface area contributed by atoms with E-state index in [2.05, 4.69) is 20.0 Å². The summed E-state index contributed by atoms with van der Waals surface area (Å²) in [7, 11) is 1.26. The molecule has 13 nitrogen and oxygen atoms in total. The quantitative estimate of drug-likeness (QED) is 0.374. The number of fused-ring (bicyclic) bond motifs is 1. The van der Waals surface area contributed by atoms with Crippen LogP contribution in [-0.2, 0) is 19.1 Å². The van der Waals surface area contributed by atoms with Crippen LogP contribution in [0.2, 0.25) is 0 Å². The standard InChI is InChI=1S/C30H35F2N7O6/c1-30(2,3)25(35-26(41)22-17-38-9-5-8-33-28(38)34-22)27(42)37-12-10-36(11-13-37)24-20(31)14-18(15-21(24)32)39-16-19(45-29(39)43)6-7-23(40)44-4/h5,8-9,14-15,17,19,25H,6-7,10-13,16H2,1-4H3,(H,35,41)/t19-,25+/m0/s1. The van der Waals surface area contributed by atoms with Gasteiger partial charge in [0.25, 0.3) is 5.91 Å². The Labute approximate surface area is 258 Å². The Morgan fingerprint density at radius 1 is 1.13 bits per heavy atom. The molecule has 4 heterocycles. The third-order valence-electron chi connectivity index (χ3n) is 7.85. The largest absolute Gasteiger partial charge is 0.469 e. The number of esters is 1. The third kappa shape index (κ3) is 6.81. The van der Waals surface area contributed by atoms with E-state index >= 15 is 8.78 Å². The molecule has 0 radical (unpaired) electrons. The third-order valence-corrected chi connectivity index (χ3v) is 7.85. The smallest absolute Gasteiger partial charge is 0.414 e. The molecule has 0 aliphatic carbocycles. The van der Waals surface area contributed by atoms with E-state index in [4.69, 9.17) is 4.74 Å². The minimum atomic E-state index is -0.890. The van der Waals surface area contributed by atoms with E-state index in [0.29, 0.717) is 5.78 Å². The first-order valence-corrected chi connectivity index (χ1v) is 14.5. The number of imidazole rings is 1. The Morgan fingerprint density at radius 3 is 2.44 bits per heavy atom. The summed E-state index contributed by atoms with van der Waals surface area (Å²) in [4.78, 5) is 63.1. The summed E-state index contributed by atoms with van der Waals surface area (Å²) in [5.74, 6) is -2.66. The lowest BCUT2D eigenvalue weighted by molar-refractivity contribution is -0.141. The molecule has 240 valence electrons. The molecule has 1 N–H and O–H groups in total. The van der Waals surface area contributed by atoms with Crippen molar-refractivity contribution in [2.24, 2.45) is 5.41 Å². The summed E-state index contributed by atoms with van der Waals surface area (Å²) in [6, 6.07) is 2.96. The number of carbonyl (C=O) groups is 4. The minimum absolute atomic E-state index is 0.00159. The van der Waals surface area contributed by atoms with Gasteiger partial charge in [-0.05, 0) is 17.9 Å². The van der Waals surface area contributed by atoms with E-state index < -0.39 is 47.2 Å². The van der Waals surface area contributed by atoms with Crippen molar-refractivity contribution in [3.8, 4) is 0 Å². The Balaban J connectivity index is 1.23. The van der Waals surface area contributed by atoms with Crippen LogP contribution in [0, 0.1) is 17.0 Å². The van der Waals surface area contributed by atoms with Gasteiger partial charge in [-0.3, -0.25) is 23.7 Å². The first-order valence-electron chi connectivity index (χ1n) is 14.5. The van der Waals surface area contributed by atoms with Crippen LogP contribution in [0.1, 0.15) is 44.1 Å². The number of benzene rings is 1. The number of nitrogens with one attached hydrogen (secondary N) is 1. The van der Waals surface area contributed by atoms with Gasteiger partial charge in [0, 0.05) is 63.3 Å². The molecule has 3 aromatic rings. The molecule has 2 aliphatic rings. The molecule has 0 saturated carbocycles. The van der Waals surface area contributed by atoms with Crippen LogP contribution in [0.15, 0.2) is 36.8 Å². The number of hydrogen-bond acceptors (Lipinski definition) is 9. The first-order chi connectivity index (χ1) is 21.3. The molecule has 3 amide bonds. The van der Waals surface area contributed by atoms with Crippen LogP contribution in [0.5, 0.6) is 0 Å². The van der Waals surface area contributed by atoms with Crippen LogP contribution in [0.25, 0.3) is 5.78 Å². The van der Waals surface area contributed by atoms with Crippen LogP contribution >= 0.6 is 0 Å². The van der Waals surface area contributed by atoms with E-state index in [-0.39, 0.29) is 68.5 Å². The van der Waals surface area contributed by atoms with Crippen molar-refractivity contribution in [1.82, 2.24) is 24.6 Å². The van der Waals surface area contributed by atoms with Crippen molar-refractivity contribution in [2.45, 2.75) is 45.8 Å². The zero-order valence-electron chi connectivity index (χ0n) is 25.5. The second-order valence-corrected chi connectivity index (χ2v) is 12.0. The van der Waals surface area contributed by atoms with E-state index in [1.165, 1.54) is 18.2 Å². The summed E-state index contributed by atoms with van der Waals surface area (Å²) < 4.78 is 42.1. The van der Waals surface area contributed by atoms with Gasteiger partial charge in [0.15, 0.2) is 11.6 Å². The number of nitrogens with zero attached hydrogens (tertiary/aromatic N) is 6. The molecule has 45 heavy (non-hydrogen) atoms. The maximum absolute atomic E-state index is 15.3. The minimum Gasteiger partial charge on any atom is -0.469 e. The highest BCUT2D eigenvalue weighted by atomic mass is 19.1. The average molecular weight is 628 g/mol. The number of anilines is 2. The van der Waals surface area contributed by atoms with Gasteiger partial charge in [-0.1, -0.05) is 20.8 Å². The molecule has 2 saturated heterocycles. The lowest BCUT2D eigenvalue weighted by atomic mass is 9.85. The molecule has 15 heteroatoms. The fourth-order valence-corrected chi connectivity index (χ4v) is 5.40. The lowest BCUT2D eigenvalue weighted by Gasteiger charge is -2.40. The van der Waals surface area contributed by atoms with Gasteiger partial charge in [0.05, 0.1) is 19.3 Å². The van der Waals surface area contributed by atoms with E-state index in [0.717, 1.165) is 17.0 Å². The second kappa shape index (κ2) is 12.7. The number of cyclic esters (lactones) is 1. The van der Waals surface area contributed by atoms with Crippen molar-refractivity contribution in [2.75, 3.05) is 49.6 Å². The monoisotopic (exact) mass is 627 g/mol. The zero-order chi connectivity index (χ0) is 32.5. The van der Waals surface area contributed by atoms with Gasteiger partial charge in [-0.2, -0.15) is 0 Å². The Morgan fingerprint density at radius 2 is 1.82 bits per heavy atom. The van der Waals surface area contributed by atoms with Crippen molar-refractivity contribution < 1.29 is 37.4 Å². The average Bonchev–Trinajstić information content (AvgIpc) is 3.61. The molecule has 0 unspecified atom stereocenters. The summed E-state index contributed by atoms with van der Waals surface area (Å²) in [5.41, 5.74) is -0.793. The molecule has 2 aliphatic heterocycles. The van der Waals surface area contributed by atoms with Crippen LogP contribution < -0.4 is 15.1 Å². The molecule has 2 fully saturated rings. The zero-order valence-corrected chi connectivity index (χ0v) is 25.5. The van der Waals surface area contributed by atoms with Gasteiger partial charge in [-0.15, -0.1) is 0 Å². The highest BCUT2D eigenvalue weighted by molar-refractivity contribution is 5.97. The fraction of sp³-hybridized carbons (Fsp3) is 0.467. The molecular weight excluding hydrogens is 592 g/mol. The topological polar surface area (TPSA) is 139 Å². The predicted molar refractivity (Wildman–Crippen MR) is 158 cm³/mol. The van der Waals surface area contributed by atoms with Gasteiger partial charge >= 0.3 is 12.1 Å². The maximum Gasteiger partial charge on any atom is 0.414 e. The molecule has 2 aromatic heterocycles. The lowest BCUT2D eigenvalue weighted by Crippen LogP contribution is -2.58. The molecule has 2 atom stereocenters. The number of piperazine rings is 1. The normalized spacial score (nSPS) is 17.8. The van der Waals surface area contributed by atoms with E-state index in [1.54, 1.807) is 27.8 Å². The molecule has 1 aromatic carbocycles. The van der Waals surface area contributed by atoms with Crippen molar-refractivity contribution in [3.63, 3.8) is 0 Å². The summed E-state index contributed by atoms with van der Waals surface area (Å²) in [6.07, 6.45) is 3.69. The Bertz CT molecular complexity index is 1560. The molecule has 5 rings (SSSR count). The molecule has 0 bridgehead atoms. The second-order valence-electron chi connectivity index (χ2n) is 12.0. The van der Waals surface area contributed by atoms with E-state index in [9.17, 15) is 19.2 Å². The number of aromatic nitrogens is 3.